The van der Waals surface area contributed by atoms with Crippen LogP contribution in [0.2, 0.25) is 0 Å². The predicted octanol–water partition coefficient (Wildman–Crippen LogP) is -1.73. The van der Waals surface area contributed by atoms with Crippen LogP contribution in [0.15, 0.2) is 0 Å². The summed E-state index contributed by atoms with van der Waals surface area (Å²) in [5.74, 6) is -5.99. The van der Waals surface area contributed by atoms with E-state index in [-0.39, 0.29) is 13.2 Å². The van der Waals surface area contributed by atoms with Crippen LogP contribution in [0.5, 0.6) is 0 Å². The molecule has 2 unspecified atom stereocenters. The van der Waals surface area contributed by atoms with E-state index in [1.807, 2.05) is 0 Å². The van der Waals surface area contributed by atoms with Crippen molar-refractivity contribution in [3.05, 3.63) is 0 Å². The van der Waals surface area contributed by atoms with Gasteiger partial charge in [0, 0.05) is 7.11 Å². The normalized spacial score (nSPS) is 12.6. The second-order valence-electron chi connectivity index (χ2n) is 4.21. The van der Waals surface area contributed by atoms with Gasteiger partial charge in [-0.25, -0.2) is 4.79 Å². The van der Waals surface area contributed by atoms with Crippen LogP contribution < -0.4 is 0 Å². The van der Waals surface area contributed by atoms with Gasteiger partial charge in [-0.1, -0.05) is 0 Å². The molecule has 142 valence electrons. The highest BCUT2D eigenvalue weighted by atomic mass is 16.5. The van der Waals surface area contributed by atoms with Crippen molar-refractivity contribution in [2.75, 3.05) is 46.8 Å². The number of carboxylic acid groups (broad SMARTS) is 3. The number of aliphatic hydroxyl groups is 2. The Balaban J connectivity index is 0. The number of methoxy groups -OCH3 is 1. The van der Waals surface area contributed by atoms with Crippen molar-refractivity contribution in [1.29, 1.82) is 0 Å². The van der Waals surface area contributed by atoms with E-state index in [0.717, 1.165) is 7.11 Å². The molecule has 0 fully saturated rings. The highest BCUT2D eigenvalue weighted by molar-refractivity contribution is 5.85. The SMILES string of the molecule is COC(C(=O)O)C(CC(=O)O)C(=O)O.OCCOCCOCCO. The van der Waals surface area contributed by atoms with Crippen LogP contribution in [0.4, 0.5) is 0 Å². The van der Waals surface area contributed by atoms with Gasteiger partial charge < -0.3 is 39.7 Å². The summed E-state index contributed by atoms with van der Waals surface area (Å²) < 4.78 is 14.1. The van der Waals surface area contributed by atoms with Crippen molar-refractivity contribution < 1.29 is 54.1 Å². The monoisotopic (exact) mass is 356 g/mol. The number of hydrogen-bond donors (Lipinski definition) is 5. The molecule has 0 bridgehead atoms. The van der Waals surface area contributed by atoms with Crippen LogP contribution in [0.1, 0.15) is 6.42 Å². The van der Waals surface area contributed by atoms with Crippen molar-refractivity contribution in [1.82, 2.24) is 0 Å². The molecule has 0 saturated carbocycles. The van der Waals surface area contributed by atoms with E-state index in [0.29, 0.717) is 26.4 Å². The van der Waals surface area contributed by atoms with Crippen LogP contribution in [-0.4, -0.2) is 96.3 Å². The van der Waals surface area contributed by atoms with Gasteiger partial charge in [0.05, 0.1) is 46.1 Å². The van der Waals surface area contributed by atoms with E-state index in [4.69, 9.17) is 35.0 Å². The molecule has 0 amide bonds. The fraction of sp³-hybridized carbons (Fsp3) is 0.769. The van der Waals surface area contributed by atoms with Crippen molar-refractivity contribution in [3.8, 4) is 0 Å². The zero-order chi connectivity index (χ0) is 19.0. The van der Waals surface area contributed by atoms with Gasteiger partial charge in [0.15, 0.2) is 6.10 Å². The number of rotatable bonds is 13. The minimum atomic E-state index is -1.65. The average Bonchev–Trinajstić information content (AvgIpc) is 2.50. The molecule has 5 N–H and O–H groups in total. The summed E-state index contributed by atoms with van der Waals surface area (Å²) in [7, 11) is 1.01. The van der Waals surface area contributed by atoms with E-state index in [1.165, 1.54) is 0 Å². The van der Waals surface area contributed by atoms with Crippen LogP contribution in [-0.2, 0) is 28.6 Å². The van der Waals surface area contributed by atoms with E-state index >= 15 is 0 Å². The molecule has 2 atom stereocenters. The molecular weight excluding hydrogens is 332 g/mol. The van der Waals surface area contributed by atoms with Gasteiger partial charge in [-0.15, -0.1) is 0 Å². The number of aliphatic carboxylic acids is 3. The largest absolute Gasteiger partial charge is 0.481 e. The fourth-order valence-electron chi connectivity index (χ4n) is 1.40. The highest BCUT2D eigenvalue weighted by Crippen LogP contribution is 2.13. The Morgan fingerprint density at radius 2 is 1.29 bits per heavy atom. The standard InChI is InChI=1S/C7H10O7.C6H14O4/c1-14-5(7(12)13)3(6(10)11)2-4(8)9;7-1-3-9-5-6-10-4-2-8/h3,5H,2H2,1H3,(H,8,9)(H,10,11)(H,12,13);7-8H,1-6H2. The van der Waals surface area contributed by atoms with E-state index in [1.54, 1.807) is 0 Å². The molecule has 0 radical (unpaired) electrons. The van der Waals surface area contributed by atoms with Crippen molar-refractivity contribution >= 4 is 17.9 Å². The van der Waals surface area contributed by atoms with Gasteiger partial charge in [0.25, 0.3) is 0 Å². The molecule has 11 nitrogen and oxygen atoms in total. The topological polar surface area (TPSA) is 180 Å². The van der Waals surface area contributed by atoms with Crippen molar-refractivity contribution in [3.63, 3.8) is 0 Å². The fourth-order valence-corrected chi connectivity index (χ4v) is 1.40. The lowest BCUT2D eigenvalue weighted by Crippen LogP contribution is -2.37. The summed E-state index contributed by atoms with van der Waals surface area (Å²) in [5.41, 5.74) is 0. The average molecular weight is 356 g/mol. The third kappa shape index (κ3) is 13.8. The van der Waals surface area contributed by atoms with E-state index < -0.39 is 36.4 Å². The maximum absolute atomic E-state index is 10.5. The van der Waals surface area contributed by atoms with Gasteiger partial charge in [-0.05, 0) is 0 Å². The molecule has 0 aliphatic carbocycles. The molecule has 0 aromatic heterocycles. The van der Waals surface area contributed by atoms with Crippen LogP contribution in [0.3, 0.4) is 0 Å². The third-order valence-electron chi connectivity index (χ3n) is 2.42. The van der Waals surface area contributed by atoms with Gasteiger partial charge in [0.1, 0.15) is 5.92 Å². The molecule has 0 rings (SSSR count). The first-order valence-corrected chi connectivity index (χ1v) is 6.89. The molecule has 0 aliphatic rings. The lowest BCUT2D eigenvalue weighted by atomic mass is 9.99. The first kappa shape index (κ1) is 24.5. The zero-order valence-corrected chi connectivity index (χ0v) is 13.3. The first-order valence-electron chi connectivity index (χ1n) is 6.89. The van der Waals surface area contributed by atoms with Gasteiger partial charge in [-0.2, -0.15) is 0 Å². The van der Waals surface area contributed by atoms with E-state index in [9.17, 15) is 14.4 Å². The van der Waals surface area contributed by atoms with Gasteiger partial charge >= 0.3 is 17.9 Å². The predicted molar refractivity (Wildman–Crippen MR) is 77.6 cm³/mol. The minimum Gasteiger partial charge on any atom is -0.481 e. The Bertz CT molecular complexity index is 350. The summed E-state index contributed by atoms with van der Waals surface area (Å²) in [6.45, 7) is 1.73. The molecule has 0 aromatic carbocycles. The van der Waals surface area contributed by atoms with Gasteiger partial charge in [0.2, 0.25) is 0 Å². The van der Waals surface area contributed by atoms with Crippen LogP contribution in [0.25, 0.3) is 0 Å². The molecular formula is C13H24O11. The van der Waals surface area contributed by atoms with Crippen molar-refractivity contribution in [2.24, 2.45) is 5.92 Å². The van der Waals surface area contributed by atoms with Crippen LogP contribution >= 0.6 is 0 Å². The smallest absolute Gasteiger partial charge is 0.333 e. The highest BCUT2D eigenvalue weighted by Gasteiger charge is 2.35. The summed E-state index contributed by atoms with van der Waals surface area (Å²) in [6.07, 6.45) is -2.44. The first-order chi connectivity index (χ1) is 11.3. The quantitative estimate of drug-likeness (QED) is 0.236. The zero-order valence-electron chi connectivity index (χ0n) is 13.3. The number of aliphatic hydroxyl groups excluding tert-OH is 2. The second kappa shape index (κ2) is 16.1. The van der Waals surface area contributed by atoms with Gasteiger partial charge in [-0.3, -0.25) is 9.59 Å². The Hall–Kier alpha value is -1.79. The molecule has 0 heterocycles. The summed E-state index contributed by atoms with van der Waals surface area (Å²) in [4.78, 5) is 31.3. The summed E-state index contributed by atoms with van der Waals surface area (Å²) in [5, 5.41) is 42.0. The maximum atomic E-state index is 10.5. The lowest BCUT2D eigenvalue weighted by Gasteiger charge is -2.16. The minimum absolute atomic E-state index is 0.0417. The molecule has 0 spiro atoms. The molecule has 11 heteroatoms. The van der Waals surface area contributed by atoms with Crippen LogP contribution in [0, 0.1) is 5.92 Å². The Labute approximate surface area is 138 Å². The van der Waals surface area contributed by atoms with E-state index in [2.05, 4.69) is 4.74 Å². The molecule has 0 aliphatic heterocycles. The Kier molecular flexibility index (Phi) is 16.4. The molecule has 0 aromatic rings. The summed E-state index contributed by atoms with van der Waals surface area (Å²) >= 11 is 0. The third-order valence-corrected chi connectivity index (χ3v) is 2.42. The molecule has 0 saturated heterocycles. The number of carboxylic acids is 3. The Morgan fingerprint density at radius 3 is 1.54 bits per heavy atom. The number of ether oxygens (including phenoxy) is 3. The summed E-state index contributed by atoms with van der Waals surface area (Å²) in [6, 6.07) is 0. The number of hydrogen-bond acceptors (Lipinski definition) is 8. The molecule has 24 heavy (non-hydrogen) atoms. The Morgan fingerprint density at radius 1 is 0.833 bits per heavy atom. The van der Waals surface area contributed by atoms with Crippen molar-refractivity contribution in [2.45, 2.75) is 12.5 Å². The number of carbonyl (C=O) groups is 3. The second-order valence-corrected chi connectivity index (χ2v) is 4.21. The lowest BCUT2D eigenvalue weighted by molar-refractivity contribution is -0.164. The maximum Gasteiger partial charge on any atom is 0.333 e.